The van der Waals surface area contributed by atoms with Crippen LogP contribution in [0.15, 0.2) is 34.9 Å². The first-order chi connectivity index (χ1) is 20.2. The molecule has 43 heavy (non-hydrogen) atoms. The van der Waals surface area contributed by atoms with Crippen LogP contribution in [0.4, 0.5) is 5.69 Å². The Morgan fingerprint density at radius 1 is 0.953 bits per heavy atom. The van der Waals surface area contributed by atoms with Crippen LogP contribution in [0.5, 0.6) is 17.2 Å². The lowest BCUT2D eigenvalue weighted by Crippen LogP contribution is -2.57. The van der Waals surface area contributed by atoms with E-state index in [-0.39, 0.29) is 35.0 Å². The number of unbranched alkanes of at least 4 members (excludes halogenated alkanes) is 1. The number of nitrogen functional groups attached to an aromatic ring is 1. The number of fused-ring (bicyclic) bond motifs is 1. The fourth-order valence-electron chi connectivity index (χ4n) is 4.83. The predicted octanol–water partition coefficient (Wildman–Crippen LogP) is 3.73. The monoisotopic (exact) mass is 597 g/mol. The molecule has 3 aromatic rings. The highest BCUT2D eigenvalue weighted by molar-refractivity contribution is 6.22. The summed E-state index contributed by atoms with van der Waals surface area (Å²) in [4.78, 5) is 40.2. The van der Waals surface area contributed by atoms with Crippen LogP contribution in [0, 0.1) is 0 Å². The molecule has 0 spiro atoms. The van der Waals surface area contributed by atoms with Gasteiger partial charge in [0.25, 0.3) is 5.91 Å². The van der Waals surface area contributed by atoms with Gasteiger partial charge in [-0.2, -0.15) is 0 Å². The van der Waals surface area contributed by atoms with E-state index in [9.17, 15) is 14.4 Å². The molecule has 0 fully saturated rings. The first-order valence-electron chi connectivity index (χ1n) is 14.3. The Kier molecular flexibility index (Phi) is 10.8. The van der Waals surface area contributed by atoms with Crippen molar-refractivity contribution in [3.63, 3.8) is 0 Å². The van der Waals surface area contributed by atoms with Crippen molar-refractivity contribution in [1.29, 1.82) is 0 Å². The number of aromatic nitrogens is 1. The van der Waals surface area contributed by atoms with Crippen LogP contribution in [-0.4, -0.2) is 71.5 Å². The maximum absolute atomic E-state index is 13.0. The highest BCUT2D eigenvalue weighted by Crippen LogP contribution is 2.34. The van der Waals surface area contributed by atoms with E-state index >= 15 is 0 Å². The van der Waals surface area contributed by atoms with Crippen molar-refractivity contribution < 1.29 is 33.1 Å². The van der Waals surface area contributed by atoms with Gasteiger partial charge in [-0.15, -0.1) is 0 Å². The Hall–Kier alpha value is -4.16. The van der Waals surface area contributed by atoms with Gasteiger partial charge in [0.2, 0.25) is 5.78 Å². The van der Waals surface area contributed by atoms with Gasteiger partial charge in [-0.25, -0.2) is 0 Å². The molecule has 0 aliphatic carbocycles. The Morgan fingerprint density at radius 2 is 1.53 bits per heavy atom. The third kappa shape index (κ3) is 7.26. The van der Waals surface area contributed by atoms with E-state index < -0.39 is 23.1 Å². The average molecular weight is 598 g/mol. The highest BCUT2D eigenvalue weighted by Gasteiger charge is 2.41. The van der Waals surface area contributed by atoms with Gasteiger partial charge in [-0.1, -0.05) is 5.16 Å². The fraction of sp³-hybridized carbons (Fsp3) is 0.484. The second-order valence-electron chi connectivity index (χ2n) is 11.2. The number of Topliss-reactive ketones (excluding diaryl/α,β-unsaturated/α-hetero) is 2. The predicted molar refractivity (Wildman–Crippen MR) is 164 cm³/mol. The molecule has 0 saturated heterocycles. The summed E-state index contributed by atoms with van der Waals surface area (Å²) in [5, 5.41) is 4.15. The summed E-state index contributed by atoms with van der Waals surface area (Å²) in [7, 11) is 1.54. The standard InChI is InChI=1S/C31H43N5O7/c1-17(2)36(18(3)4)30(39)20-10-12-22(24(16-20)40-7)41-14-8-9-15-42-23-13-11-21-26(35-43-27(21)25(23)33)29(38)31(6,34)28(37)19(5)32/h10-13,16-19H,8-9,14-15,32-34H2,1-7H3. The van der Waals surface area contributed by atoms with Gasteiger partial charge in [-0.05, 0) is 84.7 Å². The lowest BCUT2D eigenvalue weighted by atomic mass is 9.86. The van der Waals surface area contributed by atoms with Crippen LogP contribution in [-0.2, 0) is 4.79 Å². The number of hydrogen-bond donors (Lipinski definition) is 3. The number of nitrogens with zero attached hydrogens (tertiary/aromatic N) is 2. The van der Waals surface area contributed by atoms with E-state index in [0.717, 1.165) is 0 Å². The molecule has 2 aromatic carbocycles. The van der Waals surface area contributed by atoms with Gasteiger partial charge in [0.05, 0.1) is 31.8 Å². The zero-order valence-corrected chi connectivity index (χ0v) is 25.9. The van der Waals surface area contributed by atoms with Crippen LogP contribution in [0.1, 0.15) is 75.2 Å². The number of nitrogens with two attached hydrogens (primary N) is 3. The molecule has 12 heteroatoms. The molecule has 0 saturated carbocycles. The Labute approximate surface area is 251 Å². The number of amides is 1. The van der Waals surface area contributed by atoms with Gasteiger partial charge in [0.15, 0.2) is 28.6 Å². The zero-order chi connectivity index (χ0) is 32.1. The topological polar surface area (TPSA) is 186 Å². The number of hydrogen-bond acceptors (Lipinski definition) is 11. The normalized spacial score (nSPS) is 13.6. The molecule has 3 rings (SSSR count). The zero-order valence-electron chi connectivity index (χ0n) is 25.9. The van der Waals surface area contributed by atoms with Gasteiger partial charge in [0.1, 0.15) is 17.0 Å². The maximum atomic E-state index is 13.0. The SMILES string of the molecule is COc1cc(C(=O)N(C(C)C)C(C)C)ccc1OCCCCOc1ccc2c(C(=O)C(C)(N)C(=O)C(C)N)noc2c1N. The van der Waals surface area contributed by atoms with E-state index in [4.69, 9.17) is 35.9 Å². The summed E-state index contributed by atoms with van der Waals surface area (Å²) < 4.78 is 22.5. The van der Waals surface area contributed by atoms with Gasteiger partial charge >= 0.3 is 0 Å². The van der Waals surface area contributed by atoms with Crippen LogP contribution in [0.3, 0.4) is 0 Å². The smallest absolute Gasteiger partial charge is 0.254 e. The van der Waals surface area contributed by atoms with Crippen molar-refractivity contribution in [2.75, 3.05) is 26.1 Å². The minimum absolute atomic E-state index is 0.0631. The number of benzene rings is 2. The minimum Gasteiger partial charge on any atom is -0.493 e. The van der Waals surface area contributed by atoms with Crippen LogP contribution in [0.25, 0.3) is 11.0 Å². The molecule has 1 amide bonds. The summed E-state index contributed by atoms with van der Waals surface area (Å²) >= 11 is 0. The summed E-state index contributed by atoms with van der Waals surface area (Å²) in [5.41, 5.74) is 16.8. The van der Waals surface area contributed by atoms with E-state index in [0.29, 0.717) is 54.3 Å². The highest BCUT2D eigenvalue weighted by atomic mass is 16.5. The van der Waals surface area contributed by atoms with E-state index in [2.05, 4.69) is 5.16 Å². The second kappa shape index (κ2) is 13.9. The first-order valence-corrected chi connectivity index (χ1v) is 14.3. The lowest BCUT2D eigenvalue weighted by molar-refractivity contribution is -0.123. The third-order valence-electron chi connectivity index (χ3n) is 7.06. The van der Waals surface area contributed by atoms with Crippen LogP contribution < -0.4 is 31.4 Å². The summed E-state index contributed by atoms with van der Waals surface area (Å²) in [6.45, 7) is 11.5. The molecule has 1 heterocycles. The number of ether oxygens (including phenoxy) is 3. The van der Waals surface area contributed by atoms with Crippen molar-refractivity contribution in [2.45, 2.75) is 78.0 Å². The summed E-state index contributed by atoms with van der Waals surface area (Å²) in [5.74, 6) is -0.000756. The van der Waals surface area contributed by atoms with Gasteiger partial charge < -0.3 is 40.8 Å². The second-order valence-corrected chi connectivity index (χ2v) is 11.2. The molecular weight excluding hydrogens is 554 g/mol. The summed E-state index contributed by atoms with van der Waals surface area (Å²) in [6, 6.07) is 7.59. The number of anilines is 1. The molecule has 234 valence electrons. The van der Waals surface area contributed by atoms with Crippen molar-refractivity contribution >= 4 is 34.1 Å². The molecule has 1 aromatic heterocycles. The fourth-order valence-corrected chi connectivity index (χ4v) is 4.83. The Morgan fingerprint density at radius 3 is 2.09 bits per heavy atom. The van der Waals surface area contributed by atoms with E-state index in [1.807, 2.05) is 32.6 Å². The molecule has 2 atom stereocenters. The van der Waals surface area contributed by atoms with Crippen molar-refractivity contribution in [3.8, 4) is 17.2 Å². The molecule has 0 bridgehead atoms. The number of carbonyl (C=O) groups is 3. The third-order valence-corrected chi connectivity index (χ3v) is 7.06. The quantitative estimate of drug-likeness (QED) is 0.100. The number of carbonyl (C=O) groups excluding carboxylic acids is 3. The molecule has 0 aliphatic heterocycles. The number of methoxy groups -OCH3 is 1. The molecule has 0 radical (unpaired) electrons. The van der Waals surface area contributed by atoms with Crippen molar-refractivity contribution in [1.82, 2.24) is 10.1 Å². The lowest BCUT2D eigenvalue weighted by Gasteiger charge is -2.31. The number of rotatable bonds is 15. The maximum Gasteiger partial charge on any atom is 0.254 e. The summed E-state index contributed by atoms with van der Waals surface area (Å²) in [6.07, 6.45) is 1.32. The average Bonchev–Trinajstić information content (AvgIpc) is 3.39. The Bertz CT molecular complexity index is 1450. The first kappa shape index (κ1) is 33.3. The molecule has 6 N–H and O–H groups in total. The van der Waals surface area contributed by atoms with E-state index in [1.54, 1.807) is 30.3 Å². The van der Waals surface area contributed by atoms with Crippen LogP contribution in [0.2, 0.25) is 0 Å². The molecule has 0 aliphatic rings. The minimum atomic E-state index is -1.86. The molecule has 12 nitrogen and oxygen atoms in total. The van der Waals surface area contributed by atoms with Gasteiger partial charge in [-0.3, -0.25) is 14.4 Å². The van der Waals surface area contributed by atoms with E-state index in [1.165, 1.54) is 21.0 Å². The molecule has 2 unspecified atom stereocenters. The van der Waals surface area contributed by atoms with Gasteiger partial charge in [0, 0.05) is 17.6 Å². The molecular formula is C31H43N5O7. The van der Waals surface area contributed by atoms with Crippen LogP contribution >= 0.6 is 0 Å². The number of ketones is 2. The van der Waals surface area contributed by atoms with Crippen molar-refractivity contribution in [2.24, 2.45) is 11.5 Å². The largest absolute Gasteiger partial charge is 0.493 e. The Balaban J connectivity index is 1.57. The van der Waals surface area contributed by atoms with Crippen molar-refractivity contribution in [3.05, 3.63) is 41.6 Å².